The van der Waals surface area contributed by atoms with Crippen molar-refractivity contribution in [1.82, 2.24) is 15.1 Å². The van der Waals surface area contributed by atoms with Crippen LogP contribution in [0.5, 0.6) is 0 Å². The molecule has 0 aliphatic rings. The van der Waals surface area contributed by atoms with Crippen molar-refractivity contribution in [2.24, 2.45) is 0 Å². The first-order chi connectivity index (χ1) is 12.2. The van der Waals surface area contributed by atoms with Gasteiger partial charge < -0.3 is 4.90 Å². The van der Waals surface area contributed by atoms with E-state index >= 15 is 0 Å². The van der Waals surface area contributed by atoms with Gasteiger partial charge in [0.2, 0.25) is 0 Å². The van der Waals surface area contributed by atoms with E-state index in [1.807, 2.05) is 0 Å². The molecule has 0 aliphatic heterocycles. The van der Waals surface area contributed by atoms with E-state index in [0.717, 1.165) is 43.6 Å². The Bertz CT molecular complexity index is 747. The zero-order valence-electron chi connectivity index (χ0n) is 15.0. The van der Waals surface area contributed by atoms with Gasteiger partial charge in [-0.05, 0) is 85.4 Å². The van der Waals surface area contributed by atoms with Gasteiger partial charge in [-0.2, -0.15) is 21.5 Å². The fourth-order valence-corrected chi connectivity index (χ4v) is 3.51. The maximum Gasteiger partial charge on any atom is 0.0634 e. The second kappa shape index (κ2) is 8.88. The van der Waals surface area contributed by atoms with Gasteiger partial charge in [-0.25, -0.2) is 0 Å². The lowest BCUT2D eigenvalue weighted by molar-refractivity contribution is 0.402. The lowest BCUT2D eigenvalue weighted by Gasteiger charge is -2.10. The highest BCUT2D eigenvalue weighted by Gasteiger charge is 2.02. The van der Waals surface area contributed by atoms with Crippen LogP contribution in [0.1, 0.15) is 28.1 Å². The third-order valence-electron chi connectivity index (χ3n) is 4.22. The van der Waals surface area contributed by atoms with Crippen LogP contribution in [0.4, 0.5) is 0 Å². The Labute approximate surface area is 154 Å². The van der Waals surface area contributed by atoms with Crippen molar-refractivity contribution in [1.29, 1.82) is 0 Å². The first-order valence-electron chi connectivity index (χ1n) is 8.74. The van der Waals surface area contributed by atoms with Gasteiger partial charge in [0.25, 0.3) is 0 Å². The maximum atomic E-state index is 4.40. The number of thiophene rings is 1. The quantitative estimate of drug-likeness (QED) is 0.610. The third kappa shape index (κ3) is 5.76. The smallest absolute Gasteiger partial charge is 0.0634 e. The highest BCUT2D eigenvalue weighted by Crippen LogP contribution is 2.11. The fourth-order valence-electron chi connectivity index (χ4n) is 2.81. The maximum absolute atomic E-state index is 4.40. The third-order valence-corrected chi connectivity index (χ3v) is 4.95. The summed E-state index contributed by atoms with van der Waals surface area (Å²) in [4.78, 5) is 2.19. The minimum Gasteiger partial charge on any atom is -0.305 e. The Morgan fingerprint density at radius 1 is 0.720 bits per heavy atom. The Morgan fingerprint density at radius 3 is 1.84 bits per heavy atom. The van der Waals surface area contributed by atoms with Crippen molar-refractivity contribution in [3.05, 3.63) is 81.3 Å². The molecule has 0 amide bonds. The average Bonchev–Trinajstić information content (AvgIpc) is 3.13. The van der Waals surface area contributed by atoms with E-state index in [1.165, 1.54) is 16.7 Å². The molecule has 2 heterocycles. The normalized spacial score (nSPS) is 11.2. The monoisotopic (exact) mass is 351 g/mol. The van der Waals surface area contributed by atoms with Crippen LogP contribution >= 0.6 is 11.3 Å². The molecule has 3 rings (SSSR count). The van der Waals surface area contributed by atoms with Gasteiger partial charge in [0, 0.05) is 6.54 Å². The summed E-state index contributed by atoms with van der Waals surface area (Å²) in [6, 6.07) is 15.3. The highest BCUT2D eigenvalue weighted by molar-refractivity contribution is 7.07. The summed E-state index contributed by atoms with van der Waals surface area (Å²) >= 11 is 1.75. The van der Waals surface area contributed by atoms with Crippen molar-refractivity contribution in [2.45, 2.75) is 32.2 Å². The van der Waals surface area contributed by atoms with Gasteiger partial charge in [0.1, 0.15) is 0 Å². The molecule has 0 radical (unpaired) electrons. The van der Waals surface area contributed by atoms with Crippen molar-refractivity contribution in [3.8, 4) is 0 Å². The SMILES string of the molecule is CN(C)Cc1ccc(CCc2ccc(CCc3ccsc3)nn2)cc1. The van der Waals surface area contributed by atoms with Crippen LogP contribution in [0.3, 0.4) is 0 Å². The summed E-state index contributed by atoms with van der Waals surface area (Å²) in [6.07, 6.45) is 3.93. The molecule has 0 atom stereocenters. The average molecular weight is 352 g/mol. The van der Waals surface area contributed by atoms with Crippen molar-refractivity contribution in [3.63, 3.8) is 0 Å². The number of benzene rings is 1. The van der Waals surface area contributed by atoms with Crippen LogP contribution in [0.2, 0.25) is 0 Å². The van der Waals surface area contributed by atoms with Gasteiger partial charge in [-0.1, -0.05) is 24.3 Å². The van der Waals surface area contributed by atoms with Crippen molar-refractivity contribution in [2.75, 3.05) is 14.1 Å². The molecular formula is C21H25N3S. The molecule has 1 aromatic carbocycles. The summed E-state index contributed by atoms with van der Waals surface area (Å²) < 4.78 is 0. The zero-order valence-corrected chi connectivity index (χ0v) is 15.8. The second-order valence-corrected chi connectivity index (χ2v) is 7.48. The summed E-state index contributed by atoms with van der Waals surface area (Å²) in [5.74, 6) is 0. The molecule has 4 heteroatoms. The Balaban J connectivity index is 1.48. The Kier molecular flexibility index (Phi) is 6.31. The number of aryl methyl sites for hydroxylation is 4. The first-order valence-corrected chi connectivity index (χ1v) is 9.68. The summed E-state index contributed by atoms with van der Waals surface area (Å²) in [6.45, 7) is 0.985. The summed E-state index contributed by atoms with van der Waals surface area (Å²) in [5.41, 5.74) is 6.22. The Morgan fingerprint density at radius 2 is 1.32 bits per heavy atom. The van der Waals surface area contributed by atoms with E-state index in [-0.39, 0.29) is 0 Å². The molecule has 25 heavy (non-hydrogen) atoms. The van der Waals surface area contributed by atoms with Crippen LogP contribution < -0.4 is 0 Å². The number of hydrogen-bond acceptors (Lipinski definition) is 4. The first kappa shape index (κ1) is 17.8. The minimum absolute atomic E-state index is 0.935. The van der Waals surface area contributed by atoms with Gasteiger partial charge in [-0.3, -0.25) is 0 Å². The van der Waals surface area contributed by atoms with Gasteiger partial charge in [-0.15, -0.1) is 0 Å². The van der Waals surface area contributed by atoms with Crippen LogP contribution in [-0.2, 0) is 32.2 Å². The van der Waals surface area contributed by atoms with Gasteiger partial charge in [0.05, 0.1) is 11.4 Å². The molecule has 0 N–H and O–H groups in total. The molecule has 0 saturated heterocycles. The van der Waals surface area contributed by atoms with E-state index in [1.54, 1.807) is 11.3 Å². The standard InChI is InChI=1S/C21H25N3S/c1-24(2)15-18-5-3-17(4-6-18)7-9-20-11-12-21(23-22-20)10-8-19-13-14-25-16-19/h3-6,11-14,16H,7-10,15H2,1-2H3. The Hall–Kier alpha value is -2.04. The molecule has 0 fully saturated rings. The van der Waals surface area contributed by atoms with Crippen molar-refractivity contribution < 1.29 is 0 Å². The number of aromatic nitrogens is 2. The van der Waals surface area contributed by atoms with Crippen LogP contribution in [0.25, 0.3) is 0 Å². The molecule has 130 valence electrons. The molecule has 0 aliphatic carbocycles. The molecule has 3 nitrogen and oxygen atoms in total. The molecule has 3 aromatic rings. The number of nitrogens with zero attached hydrogens (tertiary/aromatic N) is 3. The van der Waals surface area contributed by atoms with Crippen molar-refractivity contribution >= 4 is 11.3 Å². The van der Waals surface area contributed by atoms with Gasteiger partial charge in [0.15, 0.2) is 0 Å². The minimum atomic E-state index is 0.935. The highest BCUT2D eigenvalue weighted by atomic mass is 32.1. The largest absolute Gasteiger partial charge is 0.305 e. The number of hydrogen-bond donors (Lipinski definition) is 0. The van der Waals surface area contributed by atoms with E-state index in [0.29, 0.717) is 0 Å². The molecule has 0 bridgehead atoms. The van der Waals surface area contributed by atoms with E-state index in [9.17, 15) is 0 Å². The molecule has 0 saturated carbocycles. The van der Waals surface area contributed by atoms with Gasteiger partial charge >= 0.3 is 0 Å². The lowest BCUT2D eigenvalue weighted by Crippen LogP contribution is -2.10. The van der Waals surface area contributed by atoms with E-state index in [2.05, 4.69) is 82.4 Å². The van der Waals surface area contributed by atoms with Crippen LogP contribution in [0.15, 0.2) is 53.2 Å². The molecule has 2 aromatic heterocycles. The summed E-state index contributed by atoms with van der Waals surface area (Å²) in [5, 5.41) is 13.1. The fraction of sp³-hybridized carbons (Fsp3) is 0.333. The van der Waals surface area contributed by atoms with Crippen LogP contribution in [0, 0.1) is 0 Å². The predicted molar refractivity (Wildman–Crippen MR) is 105 cm³/mol. The molecular weight excluding hydrogens is 326 g/mol. The van der Waals surface area contributed by atoms with E-state index < -0.39 is 0 Å². The summed E-state index contributed by atoms with van der Waals surface area (Å²) in [7, 11) is 4.19. The van der Waals surface area contributed by atoms with E-state index in [4.69, 9.17) is 0 Å². The zero-order chi connectivity index (χ0) is 17.5. The topological polar surface area (TPSA) is 29.0 Å². The number of rotatable bonds is 8. The molecule has 0 spiro atoms. The predicted octanol–water partition coefficient (Wildman–Crippen LogP) is 4.17. The van der Waals surface area contributed by atoms with Crippen LogP contribution in [-0.4, -0.2) is 29.2 Å². The molecule has 0 unspecified atom stereocenters. The lowest BCUT2D eigenvalue weighted by atomic mass is 10.1. The second-order valence-electron chi connectivity index (χ2n) is 6.70.